The van der Waals surface area contributed by atoms with Gasteiger partial charge in [-0.2, -0.15) is 0 Å². The molecule has 0 aliphatic heterocycles. The van der Waals surface area contributed by atoms with Gasteiger partial charge in [0.1, 0.15) is 6.04 Å². The average molecular weight is 264 g/mol. The van der Waals surface area contributed by atoms with E-state index in [0.29, 0.717) is 0 Å². The number of rotatable bonds is 5. The maximum atomic E-state index is 11.6. The lowest BCUT2D eigenvalue weighted by Crippen LogP contribution is -2.87. The van der Waals surface area contributed by atoms with Gasteiger partial charge in [-0.05, 0) is 20.8 Å². The summed E-state index contributed by atoms with van der Waals surface area (Å²) in [6.45, 7) is 5.93. The summed E-state index contributed by atoms with van der Waals surface area (Å²) in [7, 11) is 0. The Hall–Kier alpha value is -1.88. The highest BCUT2D eigenvalue weighted by Crippen LogP contribution is 2.05. The lowest BCUT2D eigenvalue weighted by molar-refractivity contribution is -0.682. The van der Waals surface area contributed by atoms with Gasteiger partial charge in [0.15, 0.2) is 6.54 Å². The van der Waals surface area contributed by atoms with Crippen LogP contribution in [0, 0.1) is 0 Å². The van der Waals surface area contributed by atoms with Gasteiger partial charge in [0.25, 0.3) is 5.91 Å². The van der Waals surface area contributed by atoms with Gasteiger partial charge in [-0.25, -0.2) is 4.79 Å². The highest BCUT2D eigenvalue weighted by Gasteiger charge is 2.13. The van der Waals surface area contributed by atoms with E-state index in [4.69, 9.17) is 0 Å². The zero-order valence-corrected chi connectivity index (χ0v) is 11.6. The van der Waals surface area contributed by atoms with Crippen molar-refractivity contribution in [3.05, 3.63) is 35.9 Å². The maximum absolute atomic E-state index is 11.6. The van der Waals surface area contributed by atoms with Crippen LogP contribution in [0.5, 0.6) is 0 Å². The van der Waals surface area contributed by atoms with Gasteiger partial charge in [-0.15, -0.1) is 0 Å². The highest BCUT2D eigenvalue weighted by atomic mass is 16.2. The van der Waals surface area contributed by atoms with Gasteiger partial charge in [0.05, 0.1) is 0 Å². The SMILES string of the molecule is CC(C)NC(=O)NC(=O)C[NH2+][C@@H](C)c1ccccc1. The monoisotopic (exact) mass is 264 g/mol. The number of carbonyl (C=O) groups excluding carboxylic acids is 2. The van der Waals surface area contributed by atoms with Crippen LogP contribution in [0.25, 0.3) is 0 Å². The molecule has 0 aliphatic rings. The number of amides is 3. The fourth-order valence-electron chi connectivity index (χ4n) is 1.65. The Morgan fingerprint density at radius 2 is 1.79 bits per heavy atom. The zero-order valence-electron chi connectivity index (χ0n) is 11.6. The van der Waals surface area contributed by atoms with Crippen LogP contribution in [-0.2, 0) is 4.79 Å². The molecule has 4 N–H and O–H groups in total. The van der Waals surface area contributed by atoms with E-state index < -0.39 is 6.03 Å². The number of quaternary nitrogens is 1. The minimum Gasteiger partial charge on any atom is -0.336 e. The molecule has 1 rings (SSSR count). The van der Waals surface area contributed by atoms with E-state index in [9.17, 15) is 9.59 Å². The molecule has 3 amide bonds. The third kappa shape index (κ3) is 6.01. The van der Waals surface area contributed by atoms with Crippen LogP contribution in [0.15, 0.2) is 30.3 Å². The summed E-state index contributed by atoms with van der Waals surface area (Å²) in [4.78, 5) is 22.9. The Morgan fingerprint density at radius 1 is 1.16 bits per heavy atom. The lowest BCUT2D eigenvalue weighted by atomic mass is 10.1. The van der Waals surface area contributed by atoms with Gasteiger partial charge in [-0.3, -0.25) is 10.1 Å². The normalized spacial score (nSPS) is 12.0. The summed E-state index contributed by atoms with van der Waals surface area (Å²) in [5, 5.41) is 6.80. The Balaban J connectivity index is 2.32. The molecule has 0 bridgehead atoms. The summed E-state index contributed by atoms with van der Waals surface area (Å²) in [5.74, 6) is -0.291. The lowest BCUT2D eigenvalue weighted by Gasteiger charge is -2.12. The van der Waals surface area contributed by atoms with Gasteiger partial charge >= 0.3 is 6.03 Å². The van der Waals surface area contributed by atoms with Crippen LogP contribution in [0.1, 0.15) is 32.4 Å². The Morgan fingerprint density at radius 3 is 2.37 bits per heavy atom. The first-order valence-electron chi connectivity index (χ1n) is 6.47. The third-order valence-electron chi connectivity index (χ3n) is 2.65. The quantitative estimate of drug-likeness (QED) is 0.726. The third-order valence-corrected chi connectivity index (χ3v) is 2.65. The molecule has 0 spiro atoms. The van der Waals surface area contributed by atoms with E-state index in [2.05, 4.69) is 10.6 Å². The molecular weight excluding hydrogens is 242 g/mol. The first-order chi connectivity index (χ1) is 8.99. The van der Waals surface area contributed by atoms with Crippen LogP contribution in [-0.4, -0.2) is 24.5 Å². The second-order valence-electron chi connectivity index (χ2n) is 4.82. The molecule has 5 nitrogen and oxygen atoms in total. The number of benzene rings is 1. The number of carbonyl (C=O) groups is 2. The summed E-state index contributed by atoms with van der Waals surface area (Å²) in [6.07, 6.45) is 0. The van der Waals surface area contributed by atoms with Crippen molar-refractivity contribution in [3.63, 3.8) is 0 Å². The van der Waals surface area contributed by atoms with Crippen molar-refractivity contribution < 1.29 is 14.9 Å². The molecule has 0 fully saturated rings. The number of hydrogen-bond donors (Lipinski definition) is 3. The van der Waals surface area contributed by atoms with Crippen molar-refractivity contribution in [3.8, 4) is 0 Å². The molecule has 5 heteroatoms. The molecule has 0 aromatic heterocycles. The standard InChI is InChI=1S/C14H21N3O2/c1-10(2)16-14(19)17-13(18)9-15-11(3)12-7-5-4-6-8-12/h4-8,10-11,15H,9H2,1-3H3,(H2,16,17,18,19)/p+1/t11-/m0/s1. The van der Waals surface area contributed by atoms with E-state index in [1.807, 2.05) is 56.4 Å². The fraction of sp³-hybridized carbons (Fsp3) is 0.429. The number of urea groups is 1. The van der Waals surface area contributed by atoms with Crippen LogP contribution in [0.3, 0.4) is 0 Å². The summed E-state index contributed by atoms with van der Waals surface area (Å²) in [6, 6.07) is 9.68. The summed E-state index contributed by atoms with van der Waals surface area (Å²) in [5.41, 5.74) is 1.15. The Labute approximate surface area is 113 Å². The van der Waals surface area contributed by atoms with Crippen LogP contribution >= 0.6 is 0 Å². The van der Waals surface area contributed by atoms with Crippen molar-refractivity contribution in [1.82, 2.24) is 10.6 Å². The first-order valence-corrected chi connectivity index (χ1v) is 6.47. The molecule has 1 aromatic carbocycles. The molecular formula is C14H22N3O2+. The number of imide groups is 1. The fourth-order valence-corrected chi connectivity index (χ4v) is 1.65. The molecule has 0 saturated carbocycles. The first kappa shape index (κ1) is 15.2. The average Bonchev–Trinajstić information content (AvgIpc) is 2.36. The van der Waals surface area contributed by atoms with Gasteiger partial charge in [-0.1, -0.05) is 30.3 Å². The van der Waals surface area contributed by atoms with Crippen molar-refractivity contribution in [2.45, 2.75) is 32.9 Å². The van der Waals surface area contributed by atoms with Crippen molar-refractivity contribution in [2.75, 3.05) is 6.54 Å². The molecule has 19 heavy (non-hydrogen) atoms. The Bertz CT molecular complexity index is 418. The number of hydrogen-bond acceptors (Lipinski definition) is 2. The predicted molar refractivity (Wildman–Crippen MR) is 73.5 cm³/mol. The minimum atomic E-state index is -0.444. The molecule has 1 atom stereocenters. The molecule has 0 unspecified atom stereocenters. The van der Waals surface area contributed by atoms with Crippen LogP contribution in [0.4, 0.5) is 4.79 Å². The van der Waals surface area contributed by atoms with Crippen LogP contribution in [0.2, 0.25) is 0 Å². The van der Waals surface area contributed by atoms with Crippen molar-refractivity contribution in [1.29, 1.82) is 0 Å². The van der Waals surface area contributed by atoms with Crippen molar-refractivity contribution in [2.24, 2.45) is 0 Å². The molecule has 0 heterocycles. The second kappa shape index (κ2) is 7.53. The van der Waals surface area contributed by atoms with Gasteiger partial charge in [0.2, 0.25) is 0 Å². The number of nitrogens with one attached hydrogen (secondary N) is 2. The highest BCUT2D eigenvalue weighted by molar-refractivity contribution is 5.94. The zero-order chi connectivity index (χ0) is 14.3. The predicted octanol–water partition coefficient (Wildman–Crippen LogP) is 0.545. The second-order valence-corrected chi connectivity index (χ2v) is 4.82. The van der Waals surface area contributed by atoms with Gasteiger partial charge in [0, 0.05) is 11.6 Å². The van der Waals surface area contributed by atoms with E-state index >= 15 is 0 Å². The Kier molecular flexibility index (Phi) is 6.02. The summed E-state index contributed by atoms with van der Waals surface area (Å²) >= 11 is 0. The number of nitrogens with two attached hydrogens (primary N) is 1. The van der Waals surface area contributed by atoms with Crippen LogP contribution < -0.4 is 16.0 Å². The van der Waals surface area contributed by atoms with E-state index in [0.717, 1.165) is 5.56 Å². The topological polar surface area (TPSA) is 74.8 Å². The molecule has 0 aliphatic carbocycles. The van der Waals surface area contributed by atoms with Crippen molar-refractivity contribution >= 4 is 11.9 Å². The molecule has 1 aromatic rings. The minimum absolute atomic E-state index is 0.0139. The maximum Gasteiger partial charge on any atom is 0.321 e. The molecule has 104 valence electrons. The summed E-state index contributed by atoms with van der Waals surface area (Å²) < 4.78 is 0. The smallest absolute Gasteiger partial charge is 0.321 e. The molecule has 0 saturated heterocycles. The van der Waals surface area contributed by atoms with E-state index in [1.54, 1.807) is 0 Å². The van der Waals surface area contributed by atoms with E-state index in [-0.39, 0.29) is 24.5 Å². The van der Waals surface area contributed by atoms with Gasteiger partial charge < -0.3 is 10.6 Å². The largest absolute Gasteiger partial charge is 0.336 e. The molecule has 0 radical (unpaired) electrons. The van der Waals surface area contributed by atoms with E-state index in [1.165, 1.54) is 0 Å².